The van der Waals surface area contributed by atoms with Crippen LogP contribution in [0.15, 0.2) is 42.7 Å². The zero-order chi connectivity index (χ0) is 33.5. The van der Waals surface area contributed by atoms with E-state index in [2.05, 4.69) is 70.5 Å². The minimum Gasteiger partial charge on any atom is -0.450 e. The Bertz CT molecular complexity index is 1700. The van der Waals surface area contributed by atoms with Gasteiger partial charge in [0.15, 0.2) is 0 Å². The van der Waals surface area contributed by atoms with Crippen LogP contribution < -0.4 is 9.80 Å². The van der Waals surface area contributed by atoms with Crippen LogP contribution in [0.3, 0.4) is 0 Å². The lowest BCUT2D eigenvalue weighted by molar-refractivity contribution is -0.161. The number of nitrogens with zero attached hydrogens (tertiary/aromatic N) is 7. The lowest BCUT2D eigenvalue weighted by Crippen LogP contribution is -2.71. The molecule has 3 fully saturated rings. The fourth-order valence-electron chi connectivity index (χ4n) is 7.59. The van der Waals surface area contributed by atoms with E-state index in [1.807, 2.05) is 23.2 Å². The van der Waals surface area contributed by atoms with Crippen LogP contribution in [0.25, 0.3) is 10.9 Å². The lowest BCUT2D eigenvalue weighted by atomic mass is 9.91. The normalized spacial score (nSPS) is 22.7. The van der Waals surface area contributed by atoms with Gasteiger partial charge in [-0.2, -0.15) is 5.26 Å². The number of morpholine rings is 2. The molecular weight excluding hydrogens is 623 g/mol. The van der Waals surface area contributed by atoms with Crippen LogP contribution in [0.2, 0.25) is 25.7 Å². The standard InChI is InChI=1S/C36H47N7O4Si/c1-26-19-43(33-8-7-27(17-37)34-31(33)6-5-10-38-34)22-30(47-26)21-40-23-36(24-40)25-42(12-13-46-36)29-16-28-20-41(11-9-32(28)39-18-29)35(44)45-14-15-48(2,3)4/h5-8,10,16,18,26,30H,9,11-15,19-25H2,1-4H3/t26-,30+/m1/s1. The Morgan fingerprint density at radius 1 is 1.12 bits per heavy atom. The summed E-state index contributed by atoms with van der Waals surface area (Å²) in [7, 11) is -1.26. The van der Waals surface area contributed by atoms with E-state index in [4.69, 9.17) is 19.2 Å². The quantitative estimate of drug-likeness (QED) is 0.334. The van der Waals surface area contributed by atoms with Crippen LogP contribution >= 0.6 is 0 Å². The van der Waals surface area contributed by atoms with Crippen LogP contribution in [0.4, 0.5) is 16.2 Å². The first-order chi connectivity index (χ1) is 23.1. The largest absolute Gasteiger partial charge is 0.450 e. The van der Waals surface area contributed by atoms with Gasteiger partial charge in [-0.25, -0.2) is 4.79 Å². The fourth-order valence-corrected chi connectivity index (χ4v) is 8.30. The zero-order valence-electron chi connectivity index (χ0n) is 28.7. The monoisotopic (exact) mass is 669 g/mol. The molecule has 0 saturated carbocycles. The highest BCUT2D eigenvalue weighted by atomic mass is 28.3. The topological polar surface area (TPSA) is 107 Å². The Balaban J connectivity index is 0.954. The lowest BCUT2D eigenvalue weighted by Gasteiger charge is -2.55. The van der Waals surface area contributed by atoms with E-state index in [0.717, 1.165) is 91.8 Å². The van der Waals surface area contributed by atoms with Crippen molar-refractivity contribution in [2.45, 2.75) is 63.4 Å². The number of hydrogen-bond acceptors (Lipinski definition) is 10. The molecule has 48 heavy (non-hydrogen) atoms. The molecule has 1 aromatic carbocycles. The minimum absolute atomic E-state index is 0.0585. The molecule has 2 atom stereocenters. The summed E-state index contributed by atoms with van der Waals surface area (Å²) in [4.78, 5) is 31.2. The first-order valence-electron chi connectivity index (χ1n) is 17.3. The van der Waals surface area contributed by atoms with Gasteiger partial charge < -0.3 is 28.9 Å². The molecule has 3 saturated heterocycles. The van der Waals surface area contributed by atoms with Crippen molar-refractivity contribution in [1.29, 1.82) is 5.26 Å². The second-order valence-electron chi connectivity index (χ2n) is 15.1. The third kappa shape index (κ3) is 7.01. The van der Waals surface area contributed by atoms with Crippen LogP contribution in [-0.2, 0) is 27.2 Å². The zero-order valence-corrected chi connectivity index (χ0v) is 29.7. The smallest absolute Gasteiger partial charge is 0.410 e. The molecule has 4 aliphatic rings. The van der Waals surface area contributed by atoms with Crippen LogP contribution in [0.5, 0.6) is 0 Å². The number of nitriles is 1. The summed E-state index contributed by atoms with van der Waals surface area (Å²) < 4.78 is 18.5. The van der Waals surface area contributed by atoms with E-state index in [9.17, 15) is 10.1 Å². The van der Waals surface area contributed by atoms with E-state index < -0.39 is 8.07 Å². The Labute approximate surface area is 284 Å². The highest BCUT2D eigenvalue weighted by Gasteiger charge is 2.48. The predicted molar refractivity (Wildman–Crippen MR) is 188 cm³/mol. The maximum atomic E-state index is 12.8. The fraction of sp³-hybridized carbons (Fsp3) is 0.556. The van der Waals surface area contributed by atoms with Gasteiger partial charge in [-0.05, 0) is 48.9 Å². The first-order valence-corrected chi connectivity index (χ1v) is 21.0. The number of aromatic nitrogens is 2. The van der Waals surface area contributed by atoms with Crippen LogP contribution in [0.1, 0.15) is 23.7 Å². The molecule has 0 N–H and O–H groups in total. The van der Waals surface area contributed by atoms with E-state index in [-0.39, 0.29) is 23.9 Å². The molecule has 7 rings (SSSR count). The number of amides is 1. The number of fused-ring (bicyclic) bond motifs is 2. The molecule has 0 aliphatic carbocycles. The summed E-state index contributed by atoms with van der Waals surface area (Å²) in [5, 5.41) is 10.6. The van der Waals surface area contributed by atoms with E-state index >= 15 is 0 Å². The average Bonchev–Trinajstić information content (AvgIpc) is 3.06. The summed E-state index contributed by atoms with van der Waals surface area (Å²) in [6, 6.07) is 13.4. The molecule has 12 heteroatoms. The molecule has 0 radical (unpaired) electrons. The number of likely N-dealkylation sites (tertiary alicyclic amines) is 1. The van der Waals surface area contributed by atoms with E-state index in [0.29, 0.717) is 31.9 Å². The van der Waals surface area contributed by atoms with Crippen molar-refractivity contribution in [3.63, 3.8) is 0 Å². The van der Waals surface area contributed by atoms with E-state index in [1.165, 1.54) is 0 Å². The number of benzene rings is 1. The van der Waals surface area contributed by atoms with Crippen molar-refractivity contribution in [3.8, 4) is 6.07 Å². The molecule has 1 amide bonds. The van der Waals surface area contributed by atoms with Crippen molar-refractivity contribution < 1.29 is 19.0 Å². The van der Waals surface area contributed by atoms with Gasteiger partial charge in [-0.1, -0.05) is 19.6 Å². The molecule has 0 unspecified atom stereocenters. The molecule has 6 heterocycles. The van der Waals surface area contributed by atoms with Gasteiger partial charge in [0.05, 0.1) is 54.9 Å². The molecule has 0 bridgehead atoms. The number of rotatable bonds is 7. The third-order valence-electron chi connectivity index (χ3n) is 9.99. The van der Waals surface area contributed by atoms with Gasteiger partial charge in [0, 0.05) is 89.8 Å². The van der Waals surface area contributed by atoms with Gasteiger partial charge >= 0.3 is 6.09 Å². The molecular formula is C36H47N7O4Si. The minimum atomic E-state index is -1.26. The van der Waals surface area contributed by atoms with Gasteiger partial charge in [-0.15, -0.1) is 0 Å². The van der Waals surface area contributed by atoms with Crippen molar-refractivity contribution in [1.82, 2.24) is 19.8 Å². The molecule has 1 spiro atoms. The molecule has 11 nitrogen and oxygen atoms in total. The number of anilines is 2. The second-order valence-corrected chi connectivity index (χ2v) is 20.8. The van der Waals surface area contributed by atoms with Crippen molar-refractivity contribution >= 4 is 36.4 Å². The highest BCUT2D eigenvalue weighted by Crippen LogP contribution is 2.34. The predicted octanol–water partition coefficient (Wildman–Crippen LogP) is 4.52. The van der Waals surface area contributed by atoms with Crippen molar-refractivity contribution in [2.24, 2.45) is 0 Å². The Morgan fingerprint density at radius 3 is 2.79 bits per heavy atom. The summed E-state index contributed by atoms with van der Waals surface area (Å²) in [6.45, 7) is 17.1. The molecule has 2 aromatic heterocycles. The maximum absolute atomic E-state index is 12.8. The summed E-state index contributed by atoms with van der Waals surface area (Å²) >= 11 is 0. The summed E-state index contributed by atoms with van der Waals surface area (Å²) in [5.41, 5.74) is 5.51. The number of hydrogen-bond donors (Lipinski definition) is 0. The Hall–Kier alpha value is -3.76. The highest BCUT2D eigenvalue weighted by molar-refractivity contribution is 6.76. The number of carbonyl (C=O) groups excluding carboxylic acids is 1. The number of carbonyl (C=O) groups is 1. The summed E-state index contributed by atoms with van der Waals surface area (Å²) in [5.74, 6) is 0. The Morgan fingerprint density at radius 2 is 1.98 bits per heavy atom. The maximum Gasteiger partial charge on any atom is 0.410 e. The average molecular weight is 670 g/mol. The van der Waals surface area contributed by atoms with E-state index in [1.54, 1.807) is 6.20 Å². The number of ether oxygens (including phenoxy) is 3. The van der Waals surface area contributed by atoms with Gasteiger partial charge in [0.1, 0.15) is 11.7 Å². The van der Waals surface area contributed by atoms with Crippen molar-refractivity contribution in [3.05, 3.63) is 59.5 Å². The summed E-state index contributed by atoms with van der Waals surface area (Å²) in [6.07, 6.45) is 4.41. The van der Waals surface area contributed by atoms with Gasteiger partial charge in [-0.3, -0.25) is 14.9 Å². The number of pyridine rings is 2. The van der Waals surface area contributed by atoms with Crippen LogP contribution in [-0.4, -0.2) is 117 Å². The third-order valence-corrected chi connectivity index (χ3v) is 11.7. The second kappa shape index (κ2) is 13.3. The molecule has 3 aromatic rings. The first kappa shape index (κ1) is 32.8. The van der Waals surface area contributed by atoms with Gasteiger partial charge in [0.2, 0.25) is 0 Å². The molecule has 254 valence electrons. The van der Waals surface area contributed by atoms with Crippen LogP contribution in [0, 0.1) is 11.3 Å². The SMILES string of the molecule is C[C@@H]1CN(c2ccc(C#N)c3ncccc23)C[C@H](CN2CC3(C2)CN(c2cnc4c(c2)CN(C(=O)OCC[Si](C)(C)C)CC4)CCO3)O1. The Kier molecular flexibility index (Phi) is 9.06. The van der Waals surface area contributed by atoms with Gasteiger partial charge in [0.25, 0.3) is 0 Å². The van der Waals surface area contributed by atoms with Crippen molar-refractivity contribution in [2.75, 3.05) is 75.4 Å². The molecule has 4 aliphatic heterocycles.